The van der Waals surface area contributed by atoms with E-state index >= 15 is 0 Å². The number of aliphatic carboxylic acids is 1. The van der Waals surface area contributed by atoms with Crippen LogP contribution in [0.3, 0.4) is 0 Å². The Hall–Kier alpha value is -1.13. The molecule has 58 valence electrons. The number of nitrogens with zero attached hydrogens (tertiary/aromatic N) is 2. The Morgan fingerprint density at radius 2 is 2.00 bits per heavy atom. The Morgan fingerprint density at radius 1 is 1.60 bits per heavy atom. The number of carboxylic acids is 1. The highest BCUT2D eigenvalue weighted by molar-refractivity contribution is 5.77. The van der Waals surface area contributed by atoms with Crippen LogP contribution in [0.2, 0.25) is 0 Å². The Morgan fingerprint density at radius 3 is 2.10 bits per heavy atom. The Kier molecular flexibility index (Phi) is 2.34. The molecule has 0 spiro atoms. The predicted octanol–water partition coefficient (Wildman–Crippen LogP) is 0.463. The van der Waals surface area contributed by atoms with Crippen molar-refractivity contribution in [2.45, 2.75) is 19.4 Å². The second kappa shape index (κ2) is 2.64. The van der Waals surface area contributed by atoms with Crippen LogP contribution in [0.1, 0.15) is 13.8 Å². The van der Waals surface area contributed by atoms with Crippen LogP contribution in [0.4, 0.5) is 0 Å². The van der Waals surface area contributed by atoms with Gasteiger partial charge in [-0.05, 0) is 13.8 Å². The summed E-state index contributed by atoms with van der Waals surface area (Å²) < 4.78 is 0. The minimum atomic E-state index is -1.22. The lowest BCUT2D eigenvalue weighted by Crippen LogP contribution is -2.44. The first kappa shape index (κ1) is 8.87. The minimum absolute atomic E-state index is 0.856. The first-order valence-electron chi connectivity index (χ1n) is 2.73. The van der Waals surface area contributed by atoms with E-state index in [2.05, 4.69) is 5.29 Å². The van der Waals surface area contributed by atoms with E-state index in [-0.39, 0.29) is 0 Å². The molecule has 0 unspecified atom stereocenters. The van der Waals surface area contributed by atoms with Crippen molar-refractivity contribution in [2.75, 3.05) is 7.05 Å². The molecule has 0 fully saturated rings. The molecule has 0 atom stereocenters. The molecule has 0 radical (unpaired) electrons. The van der Waals surface area contributed by atoms with Gasteiger partial charge in [0.1, 0.15) is 0 Å². The highest BCUT2D eigenvalue weighted by Crippen LogP contribution is 2.11. The maximum Gasteiger partial charge on any atom is 0.330 e. The largest absolute Gasteiger partial charge is 0.479 e. The maximum absolute atomic E-state index is 10.4. The number of likely N-dealkylation sites (N-methyl/N-ethyl adjacent to an activating group) is 1. The Bertz CT molecular complexity index is 155. The molecule has 1 N–H and O–H groups in total. The fourth-order valence-electron chi connectivity index (χ4n) is 0.240. The molecule has 0 saturated carbocycles. The lowest BCUT2D eigenvalue weighted by Gasteiger charge is -2.25. The van der Waals surface area contributed by atoms with Gasteiger partial charge in [0, 0.05) is 7.05 Å². The van der Waals surface area contributed by atoms with Crippen molar-refractivity contribution in [2.24, 2.45) is 5.29 Å². The molecule has 0 aromatic rings. The molecule has 0 aliphatic carbocycles. The van der Waals surface area contributed by atoms with Gasteiger partial charge in [-0.15, -0.1) is 4.91 Å². The van der Waals surface area contributed by atoms with Crippen molar-refractivity contribution < 1.29 is 9.90 Å². The number of rotatable bonds is 3. The van der Waals surface area contributed by atoms with Crippen LogP contribution >= 0.6 is 0 Å². The van der Waals surface area contributed by atoms with Gasteiger partial charge in [-0.2, -0.15) is 0 Å². The van der Waals surface area contributed by atoms with Crippen molar-refractivity contribution in [1.29, 1.82) is 0 Å². The van der Waals surface area contributed by atoms with Gasteiger partial charge in [0.25, 0.3) is 0 Å². The zero-order valence-corrected chi connectivity index (χ0v) is 6.16. The molecule has 0 amide bonds. The summed E-state index contributed by atoms with van der Waals surface area (Å²) in [5.74, 6) is -1.07. The molecule has 0 aromatic carbocycles. The Balaban J connectivity index is 4.38. The molecule has 0 aliphatic heterocycles. The first-order chi connectivity index (χ1) is 4.42. The molecule has 5 nitrogen and oxygen atoms in total. The monoisotopic (exact) mass is 146 g/mol. The fraction of sp³-hybridized carbons (Fsp3) is 0.800. The zero-order valence-electron chi connectivity index (χ0n) is 6.16. The topological polar surface area (TPSA) is 70.0 Å². The van der Waals surface area contributed by atoms with Crippen LogP contribution in [0, 0.1) is 4.91 Å². The van der Waals surface area contributed by atoms with Gasteiger partial charge in [-0.3, -0.25) is 0 Å². The van der Waals surface area contributed by atoms with Crippen molar-refractivity contribution in [3.05, 3.63) is 4.91 Å². The van der Waals surface area contributed by atoms with Gasteiger partial charge >= 0.3 is 5.97 Å². The summed E-state index contributed by atoms with van der Waals surface area (Å²) in [5.41, 5.74) is -1.22. The SMILES string of the molecule is CN(N=O)C(C)(C)C(=O)O. The normalized spacial score (nSPS) is 10.7. The molecule has 0 heterocycles. The van der Waals surface area contributed by atoms with E-state index in [9.17, 15) is 9.70 Å². The third-order valence-corrected chi connectivity index (χ3v) is 1.45. The van der Waals surface area contributed by atoms with Crippen molar-refractivity contribution in [1.82, 2.24) is 5.01 Å². The standard InChI is InChI=1S/C5H10N2O3/c1-5(2,4(8)9)7(3)6-10/h1-3H3,(H,8,9). The summed E-state index contributed by atoms with van der Waals surface area (Å²) in [6, 6.07) is 0. The van der Waals surface area contributed by atoms with Crippen LogP contribution in [-0.4, -0.2) is 28.7 Å². The zero-order chi connectivity index (χ0) is 8.36. The second-order valence-corrected chi connectivity index (χ2v) is 2.47. The highest BCUT2D eigenvalue weighted by atomic mass is 16.4. The summed E-state index contributed by atoms with van der Waals surface area (Å²) in [6.07, 6.45) is 0. The number of hydrogen-bond donors (Lipinski definition) is 1. The van der Waals surface area contributed by atoms with Crippen LogP contribution in [0.25, 0.3) is 0 Å². The maximum atomic E-state index is 10.4. The average molecular weight is 146 g/mol. The number of nitroso groups, excluding NO2 is 1. The fourth-order valence-corrected chi connectivity index (χ4v) is 0.240. The van der Waals surface area contributed by atoms with Crippen LogP contribution in [0.5, 0.6) is 0 Å². The van der Waals surface area contributed by atoms with Gasteiger partial charge in [-0.1, -0.05) is 0 Å². The summed E-state index contributed by atoms with van der Waals surface area (Å²) in [7, 11) is 1.32. The average Bonchev–Trinajstić information content (AvgIpc) is 1.86. The van der Waals surface area contributed by atoms with Crippen LogP contribution in [0.15, 0.2) is 5.29 Å². The molecule has 0 rings (SSSR count). The minimum Gasteiger partial charge on any atom is -0.479 e. The third kappa shape index (κ3) is 1.43. The van der Waals surface area contributed by atoms with Crippen LogP contribution < -0.4 is 0 Å². The summed E-state index contributed by atoms with van der Waals surface area (Å²) in [6.45, 7) is 2.80. The van der Waals surface area contributed by atoms with E-state index in [0.29, 0.717) is 0 Å². The van der Waals surface area contributed by atoms with Crippen LogP contribution in [-0.2, 0) is 4.79 Å². The van der Waals surface area contributed by atoms with E-state index < -0.39 is 11.5 Å². The molecule has 0 aromatic heterocycles. The summed E-state index contributed by atoms with van der Waals surface area (Å²) >= 11 is 0. The van der Waals surface area contributed by atoms with Gasteiger partial charge in [-0.25, -0.2) is 9.80 Å². The summed E-state index contributed by atoms with van der Waals surface area (Å²) in [4.78, 5) is 20.2. The quantitative estimate of drug-likeness (QED) is 0.464. The molecular weight excluding hydrogens is 136 g/mol. The molecule has 5 heteroatoms. The van der Waals surface area contributed by atoms with Crippen molar-refractivity contribution in [3.8, 4) is 0 Å². The van der Waals surface area contributed by atoms with E-state index in [0.717, 1.165) is 5.01 Å². The van der Waals surface area contributed by atoms with Gasteiger partial charge in [0.05, 0.1) is 5.29 Å². The lowest BCUT2D eigenvalue weighted by atomic mass is 10.1. The van der Waals surface area contributed by atoms with Gasteiger partial charge < -0.3 is 5.11 Å². The van der Waals surface area contributed by atoms with Crippen molar-refractivity contribution in [3.63, 3.8) is 0 Å². The molecule has 0 saturated heterocycles. The third-order valence-electron chi connectivity index (χ3n) is 1.45. The van der Waals surface area contributed by atoms with Gasteiger partial charge in [0.2, 0.25) is 0 Å². The molecule has 0 aliphatic rings. The van der Waals surface area contributed by atoms with E-state index in [1.54, 1.807) is 0 Å². The predicted molar refractivity (Wildman–Crippen MR) is 35.3 cm³/mol. The highest BCUT2D eigenvalue weighted by Gasteiger charge is 2.32. The number of carboxylic acid groups (broad SMARTS) is 1. The smallest absolute Gasteiger partial charge is 0.330 e. The lowest BCUT2D eigenvalue weighted by molar-refractivity contribution is -0.148. The molecule has 10 heavy (non-hydrogen) atoms. The number of carbonyl (C=O) groups is 1. The summed E-state index contributed by atoms with van der Waals surface area (Å²) in [5, 5.41) is 11.8. The molecule has 0 bridgehead atoms. The first-order valence-corrected chi connectivity index (χ1v) is 2.73. The van der Waals surface area contributed by atoms with E-state index in [1.165, 1.54) is 20.9 Å². The number of hydrogen-bond acceptors (Lipinski definition) is 3. The second-order valence-electron chi connectivity index (χ2n) is 2.47. The van der Waals surface area contributed by atoms with Crippen molar-refractivity contribution >= 4 is 5.97 Å². The molecular formula is C5H10N2O3. The Labute approximate surface area is 58.6 Å². The van der Waals surface area contributed by atoms with E-state index in [4.69, 9.17) is 5.11 Å². The van der Waals surface area contributed by atoms with Gasteiger partial charge in [0.15, 0.2) is 5.54 Å². The van der Waals surface area contributed by atoms with E-state index in [1.807, 2.05) is 0 Å².